The van der Waals surface area contributed by atoms with Crippen molar-refractivity contribution in [1.82, 2.24) is 19.4 Å². The monoisotopic (exact) mass is 406 g/mol. The summed E-state index contributed by atoms with van der Waals surface area (Å²) in [6, 6.07) is 4.84. The van der Waals surface area contributed by atoms with Gasteiger partial charge in [-0.15, -0.1) is 0 Å². The lowest BCUT2D eigenvalue weighted by molar-refractivity contribution is 0.0944. The Hall–Kier alpha value is -2.59. The third kappa shape index (κ3) is 3.12. The predicted molar refractivity (Wildman–Crippen MR) is 99.7 cm³/mol. The van der Waals surface area contributed by atoms with Crippen molar-refractivity contribution in [2.24, 2.45) is 7.05 Å². The molecule has 1 aliphatic heterocycles. The second-order valence-electron chi connectivity index (χ2n) is 6.94. The second kappa shape index (κ2) is 6.78. The highest BCUT2D eigenvalue weighted by Crippen LogP contribution is 2.35. The molecule has 1 aromatic heterocycles. The van der Waals surface area contributed by atoms with Crippen molar-refractivity contribution >= 4 is 15.9 Å². The molecular formula is C18H22N4O5S. The second-order valence-corrected chi connectivity index (χ2v) is 8.84. The first-order valence-electron chi connectivity index (χ1n) is 8.93. The summed E-state index contributed by atoms with van der Waals surface area (Å²) in [7, 11) is 0.744. The average Bonchev–Trinajstić information content (AvgIpc) is 3.28. The first-order valence-corrected chi connectivity index (χ1v) is 10.4. The van der Waals surface area contributed by atoms with Gasteiger partial charge < -0.3 is 14.8 Å². The number of rotatable bonds is 6. The molecule has 9 nitrogen and oxygen atoms in total. The van der Waals surface area contributed by atoms with Crippen LogP contribution >= 0.6 is 0 Å². The zero-order valence-electron chi connectivity index (χ0n) is 15.9. The number of sulfonamides is 1. The normalized spacial score (nSPS) is 16.7. The summed E-state index contributed by atoms with van der Waals surface area (Å²) in [5.74, 6) is 0.404. The molecule has 1 aliphatic carbocycles. The maximum atomic E-state index is 13.3. The van der Waals surface area contributed by atoms with Gasteiger partial charge in [0.1, 0.15) is 16.4 Å². The molecule has 150 valence electrons. The molecule has 1 N–H and O–H groups in total. The Morgan fingerprint density at radius 1 is 1.21 bits per heavy atom. The summed E-state index contributed by atoms with van der Waals surface area (Å²) in [6.07, 6.45) is 1.94. The van der Waals surface area contributed by atoms with Gasteiger partial charge in [-0.05, 0) is 25.0 Å². The van der Waals surface area contributed by atoms with Gasteiger partial charge >= 0.3 is 0 Å². The number of carbonyl (C=O) groups excluding carboxylic acids is 1. The van der Waals surface area contributed by atoms with Gasteiger partial charge in [0.2, 0.25) is 10.0 Å². The van der Waals surface area contributed by atoms with E-state index in [-0.39, 0.29) is 35.7 Å². The van der Waals surface area contributed by atoms with Gasteiger partial charge in [-0.2, -0.15) is 9.40 Å². The van der Waals surface area contributed by atoms with Crippen molar-refractivity contribution in [2.45, 2.75) is 36.9 Å². The molecule has 2 aliphatic rings. The predicted octanol–water partition coefficient (Wildman–Crippen LogP) is 1.03. The number of nitrogens with one attached hydrogen (secondary N) is 1. The number of fused-ring (bicyclic) bond motifs is 1. The molecule has 4 rings (SSSR count). The van der Waals surface area contributed by atoms with E-state index in [4.69, 9.17) is 9.47 Å². The highest BCUT2D eigenvalue weighted by molar-refractivity contribution is 7.89. The lowest BCUT2D eigenvalue weighted by Gasteiger charge is -2.19. The Labute approximate surface area is 163 Å². The fourth-order valence-electron chi connectivity index (χ4n) is 3.32. The quantitative estimate of drug-likeness (QED) is 0.769. The maximum Gasteiger partial charge on any atom is 0.272 e. The Bertz CT molecular complexity index is 1040. The number of carbonyl (C=O) groups is 1. The van der Waals surface area contributed by atoms with Crippen LogP contribution in [0.15, 0.2) is 23.1 Å². The number of aromatic nitrogens is 2. The highest BCUT2D eigenvalue weighted by atomic mass is 32.2. The molecule has 1 aromatic carbocycles. The topological polar surface area (TPSA) is 103 Å². The van der Waals surface area contributed by atoms with Crippen LogP contribution < -0.4 is 14.8 Å². The standard InChI is InChI=1S/C18H22N4O5S/c1-21-14-10-22(9-13(14)17(20-21)18(23)19-11-4-5-11)28(24,25)16-8-12(26-2)6-7-15(16)27-3/h6-8,11H,4-5,9-10H2,1-3H3,(H,19,23). The van der Waals surface area contributed by atoms with E-state index in [1.807, 2.05) is 0 Å². The van der Waals surface area contributed by atoms with Crippen LogP contribution in [0.25, 0.3) is 0 Å². The summed E-state index contributed by atoms with van der Waals surface area (Å²) in [6.45, 7) is 0.220. The molecule has 28 heavy (non-hydrogen) atoms. The number of hydrogen-bond acceptors (Lipinski definition) is 6. The summed E-state index contributed by atoms with van der Waals surface area (Å²) >= 11 is 0. The van der Waals surface area contributed by atoms with E-state index < -0.39 is 10.0 Å². The minimum atomic E-state index is -3.87. The molecule has 1 fully saturated rings. The molecule has 2 heterocycles. The van der Waals surface area contributed by atoms with Crippen molar-refractivity contribution < 1.29 is 22.7 Å². The smallest absolute Gasteiger partial charge is 0.272 e. The fourth-order valence-corrected chi connectivity index (χ4v) is 4.86. The summed E-state index contributed by atoms with van der Waals surface area (Å²) < 4.78 is 39.9. The number of amides is 1. The number of hydrogen-bond donors (Lipinski definition) is 1. The van der Waals surface area contributed by atoms with Crippen molar-refractivity contribution in [3.63, 3.8) is 0 Å². The van der Waals surface area contributed by atoms with E-state index in [1.54, 1.807) is 23.9 Å². The zero-order chi connectivity index (χ0) is 20.1. The van der Waals surface area contributed by atoms with Crippen LogP contribution in [0.1, 0.15) is 34.6 Å². The van der Waals surface area contributed by atoms with Gasteiger partial charge in [0.25, 0.3) is 5.91 Å². The summed E-state index contributed by atoms with van der Waals surface area (Å²) in [5.41, 5.74) is 1.65. The van der Waals surface area contributed by atoms with Crippen molar-refractivity contribution in [1.29, 1.82) is 0 Å². The summed E-state index contributed by atoms with van der Waals surface area (Å²) in [4.78, 5) is 12.5. The van der Waals surface area contributed by atoms with Crippen LogP contribution in [0.4, 0.5) is 0 Å². The third-order valence-electron chi connectivity index (χ3n) is 5.05. The van der Waals surface area contributed by atoms with Crippen molar-refractivity contribution in [2.75, 3.05) is 14.2 Å². The van der Waals surface area contributed by atoms with Gasteiger partial charge in [0.15, 0.2) is 5.69 Å². The van der Waals surface area contributed by atoms with Crippen LogP contribution in [0.3, 0.4) is 0 Å². The van der Waals surface area contributed by atoms with Gasteiger partial charge in [-0.25, -0.2) is 8.42 Å². The van der Waals surface area contributed by atoms with Gasteiger partial charge in [-0.3, -0.25) is 9.48 Å². The SMILES string of the molecule is COc1ccc(OC)c(S(=O)(=O)N2Cc3c(C(=O)NC4CC4)nn(C)c3C2)c1. The highest BCUT2D eigenvalue weighted by Gasteiger charge is 2.38. The number of aryl methyl sites for hydroxylation is 1. The fraction of sp³-hybridized carbons (Fsp3) is 0.444. The number of nitrogens with zero attached hydrogens (tertiary/aromatic N) is 3. The third-order valence-corrected chi connectivity index (χ3v) is 6.86. The zero-order valence-corrected chi connectivity index (χ0v) is 16.7. The largest absolute Gasteiger partial charge is 0.497 e. The Morgan fingerprint density at radius 3 is 2.61 bits per heavy atom. The Balaban J connectivity index is 1.66. The number of ether oxygens (including phenoxy) is 2. The molecule has 0 radical (unpaired) electrons. The van der Waals surface area contributed by atoms with Crippen LogP contribution in [0.5, 0.6) is 11.5 Å². The lowest BCUT2D eigenvalue weighted by Crippen LogP contribution is -2.29. The van der Waals surface area contributed by atoms with Crippen LogP contribution in [-0.4, -0.2) is 48.7 Å². The van der Waals surface area contributed by atoms with E-state index in [9.17, 15) is 13.2 Å². The number of benzene rings is 1. The molecule has 1 saturated carbocycles. The van der Waals surface area contributed by atoms with Crippen molar-refractivity contribution in [3.8, 4) is 11.5 Å². The molecule has 10 heteroatoms. The molecule has 0 saturated heterocycles. The minimum absolute atomic E-state index is 0.0269. The van der Waals surface area contributed by atoms with Crippen LogP contribution in [0.2, 0.25) is 0 Å². The molecule has 1 amide bonds. The van der Waals surface area contributed by atoms with Gasteiger partial charge in [0, 0.05) is 31.3 Å². The first kappa shape index (κ1) is 18.8. The maximum absolute atomic E-state index is 13.3. The molecule has 0 bridgehead atoms. The molecular weight excluding hydrogens is 384 g/mol. The molecule has 0 spiro atoms. The summed E-state index contributed by atoms with van der Waals surface area (Å²) in [5, 5.41) is 7.21. The van der Waals surface area contributed by atoms with E-state index in [2.05, 4.69) is 10.4 Å². The van der Waals surface area contributed by atoms with E-state index in [0.29, 0.717) is 22.7 Å². The molecule has 2 aromatic rings. The van der Waals surface area contributed by atoms with Crippen LogP contribution in [0, 0.1) is 0 Å². The Morgan fingerprint density at radius 2 is 1.96 bits per heavy atom. The van der Waals surface area contributed by atoms with Crippen LogP contribution in [-0.2, 0) is 30.2 Å². The van der Waals surface area contributed by atoms with Gasteiger partial charge in [-0.1, -0.05) is 0 Å². The lowest BCUT2D eigenvalue weighted by atomic mass is 10.2. The van der Waals surface area contributed by atoms with E-state index in [1.165, 1.54) is 24.6 Å². The van der Waals surface area contributed by atoms with Crippen molar-refractivity contribution in [3.05, 3.63) is 35.2 Å². The molecule has 0 atom stereocenters. The molecule has 0 unspecified atom stereocenters. The number of methoxy groups -OCH3 is 2. The Kier molecular flexibility index (Phi) is 4.54. The first-order chi connectivity index (χ1) is 13.3. The minimum Gasteiger partial charge on any atom is -0.497 e. The average molecular weight is 406 g/mol. The van der Waals surface area contributed by atoms with E-state index in [0.717, 1.165) is 12.8 Å². The van der Waals surface area contributed by atoms with Gasteiger partial charge in [0.05, 0.1) is 26.5 Å². The van der Waals surface area contributed by atoms with E-state index >= 15 is 0 Å².